The van der Waals surface area contributed by atoms with E-state index in [-0.39, 0.29) is 24.1 Å². The second-order valence-electron chi connectivity index (χ2n) is 4.23. The molecule has 0 aliphatic heterocycles. The molecule has 0 aliphatic rings. The Hall–Kier alpha value is -2.47. The number of pyridine rings is 1. The minimum atomic E-state index is -0.547. The maximum absolute atomic E-state index is 13.7. The van der Waals surface area contributed by atoms with Crippen LogP contribution in [-0.2, 0) is 13.1 Å². The molecule has 0 aliphatic carbocycles. The van der Waals surface area contributed by atoms with Gasteiger partial charge >= 0.3 is 0 Å². The van der Waals surface area contributed by atoms with Gasteiger partial charge in [-0.1, -0.05) is 12.1 Å². The van der Waals surface area contributed by atoms with E-state index in [1.165, 1.54) is 24.5 Å². The number of aromatic amines is 1. The Kier molecular flexibility index (Phi) is 4.27. The molecule has 104 valence electrons. The van der Waals surface area contributed by atoms with Gasteiger partial charge in [-0.2, -0.15) is 0 Å². The van der Waals surface area contributed by atoms with Crippen LogP contribution in [0.3, 0.4) is 0 Å². The van der Waals surface area contributed by atoms with Gasteiger partial charge in [-0.15, -0.1) is 0 Å². The standard InChI is InChI=1S/C14H14FN3O2/c15-12-5-9(6-16)1-2-10(12)7-18-14(20)11-8-17-4-3-13(11)19/h1-5,8H,6-7,16H2,(H,17,19)(H,18,20). The fourth-order valence-corrected chi connectivity index (χ4v) is 1.73. The van der Waals surface area contributed by atoms with Gasteiger partial charge in [0.25, 0.3) is 5.91 Å². The van der Waals surface area contributed by atoms with E-state index in [2.05, 4.69) is 10.3 Å². The number of aromatic nitrogens is 1. The number of nitrogens with two attached hydrogens (primary N) is 1. The van der Waals surface area contributed by atoms with Crippen LogP contribution in [0, 0.1) is 5.82 Å². The number of H-pyrrole nitrogens is 1. The van der Waals surface area contributed by atoms with Crippen molar-refractivity contribution in [3.8, 4) is 0 Å². The quantitative estimate of drug-likeness (QED) is 0.774. The molecule has 5 nitrogen and oxygen atoms in total. The number of hydrogen-bond donors (Lipinski definition) is 3. The number of rotatable bonds is 4. The van der Waals surface area contributed by atoms with Gasteiger partial charge in [-0.05, 0) is 11.6 Å². The van der Waals surface area contributed by atoms with E-state index in [0.29, 0.717) is 11.1 Å². The molecule has 0 fully saturated rings. The number of benzene rings is 1. The number of nitrogens with one attached hydrogen (secondary N) is 2. The molecule has 6 heteroatoms. The Bertz CT molecular complexity index is 682. The third kappa shape index (κ3) is 3.10. The van der Waals surface area contributed by atoms with E-state index in [9.17, 15) is 14.0 Å². The van der Waals surface area contributed by atoms with Gasteiger partial charge in [0.2, 0.25) is 0 Å². The topological polar surface area (TPSA) is 88.0 Å². The van der Waals surface area contributed by atoms with Crippen LogP contribution in [0.4, 0.5) is 4.39 Å². The van der Waals surface area contributed by atoms with Gasteiger partial charge in [-0.3, -0.25) is 9.59 Å². The number of amides is 1. The highest BCUT2D eigenvalue weighted by atomic mass is 19.1. The average molecular weight is 275 g/mol. The van der Waals surface area contributed by atoms with Crippen LogP contribution < -0.4 is 16.5 Å². The summed E-state index contributed by atoms with van der Waals surface area (Å²) in [6, 6.07) is 5.84. The minimum Gasteiger partial charge on any atom is -0.367 e. The van der Waals surface area contributed by atoms with Crippen LogP contribution in [0.2, 0.25) is 0 Å². The van der Waals surface area contributed by atoms with Crippen LogP contribution >= 0.6 is 0 Å². The Morgan fingerprint density at radius 1 is 1.35 bits per heavy atom. The normalized spacial score (nSPS) is 10.3. The van der Waals surface area contributed by atoms with Crippen LogP contribution in [0.25, 0.3) is 0 Å². The molecule has 0 radical (unpaired) electrons. The molecule has 1 aromatic carbocycles. The number of carbonyl (C=O) groups is 1. The summed E-state index contributed by atoms with van der Waals surface area (Å²) >= 11 is 0. The minimum absolute atomic E-state index is 0.00382. The predicted octanol–water partition coefficient (Wildman–Crippen LogP) is 0.903. The Morgan fingerprint density at radius 3 is 2.80 bits per heavy atom. The molecule has 0 bridgehead atoms. The predicted molar refractivity (Wildman–Crippen MR) is 72.5 cm³/mol. The van der Waals surface area contributed by atoms with Crippen molar-refractivity contribution in [1.29, 1.82) is 0 Å². The highest BCUT2D eigenvalue weighted by molar-refractivity contribution is 5.93. The lowest BCUT2D eigenvalue weighted by atomic mass is 10.1. The molecule has 0 saturated heterocycles. The second kappa shape index (κ2) is 6.12. The van der Waals surface area contributed by atoms with Gasteiger partial charge < -0.3 is 16.0 Å². The van der Waals surface area contributed by atoms with Crippen molar-refractivity contribution < 1.29 is 9.18 Å². The molecule has 0 atom stereocenters. The molecular formula is C14H14FN3O2. The van der Waals surface area contributed by atoms with Gasteiger partial charge in [0.05, 0.1) is 0 Å². The SMILES string of the molecule is NCc1ccc(CNC(=O)c2c[nH]ccc2=O)c(F)c1. The van der Waals surface area contributed by atoms with Crippen LogP contribution in [-0.4, -0.2) is 10.9 Å². The zero-order valence-corrected chi connectivity index (χ0v) is 10.7. The largest absolute Gasteiger partial charge is 0.367 e. The Labute approximate surface area is 114 Å². The summed E-state index contributed by atoms with van der Waals surface area (Å²) in [7, 11) is 0. The molecule has 2 rings (SSSR count). The Morgan fingerprint density at radius 2 is 2.15 bits per heavy atom. The molecule has 0 saturated carbocycles. The lowest BCUT2D eigenvalue weighted by Gasteiger charge is -2.07. The molecule has 1 amide bonds. The average Bonchev–Trinajstić information content (AvgIpc) is 2.46. The van der Waals surface area contributed by atoms with Crippen molar-refractivity contribution in [2.75, 3.05) is 0 Å². The van der Waals surface area contributed by atoms with Gasteiger partial charge in [0, 0.05) is 37.1 Å². The third-order valence-corrected chi connectivity index (χ3v) is 2.86. The van der Waals surface area contributed by atoms with E-state index in [1.807, 2.05) is 0 Å². The fourth-order valence-electron chi connectivity index (χ4n) is 1.73. The maximum atomic E-state index is 13.7. The number of halogens is 1. The molecule has 2 aromatic rings. The number of carbonyl (C=O) groups excluding carboxylic acids is 1. The van der Waals surface area contributed by atoms with E-state index in [1.54, 1.807) is 12.1 Å². The van der Waals surface area contributed by atoms with Gasteiger partial charge in [0.15, 0.2) is 5.43 Å². The van der Waals surface area contributed by atoms with Crippen LogP contribution in [0.1, 0.15) is 21.5 Å². The van der Waals surface area contributed by atoms with Crippen LogP contribution in [0.5, 0.6) is 0 Å². The molecule has 1 heterocycles. The summed E-state index contributed by atoms with van der Waals surface area (Å²) in [6.45, 7) is 0.257. The maximum Gasteiger partial charge on any atom is 0.257 e. The van der Waals surface area contributed by atoms with Crippen molar-refractivity contribution in [1.82, 2.24) is 10.3 Å². The van der Waals surface area contributed by atoms with Crippen LogP contribution in [0.15, 0.2) is 41.5 Å². The first-order valence-corrected chi connectivity index (χ1v) is 6.04. The zero-order chi connectivity index (χ0) is 14.5. The smallest absolute Gasteiger partial charge is 0.257 e. The molecule has 20 heavy (non-hydrogen) atoms. The lowest BCUT2D eigenvalue weighted by molar-refractivity contribution is 0.0949. The molecule has 0 spiro atoms. The highest BCUT2D eigenvalue weighted by Crippen LogP contribution is 2.10. The summed E-state index contributed by atoms with van der Waals surface area (Å²) in [6.07, 6.45) is 2.75. The summed E-state index contributed by atoms with van der Waals surface area (Å²) in [4.78, 5) is 25.9. The second-order valence-corrected chi connectivity index (χ2v) is 4.23. The first-order valence-electron chi connectivity index (χ1n) is 6.04. The third-order valence-electron chi connectivity index (χ3n) is 2.86. The zero-order valence-electron chi connectivity index (χ0n) is 10.7. The number of hydrogen-bond acceptors (Lipinski definition) is 3. The molecular weight excluding hydrogens is 261 g/mol. The molecule has 1 aromatic heterocycles. The summed E-state index contributed by atoms with van der Waals surface area (Å²) < 4.78 is 13.7. The monoisotopic (exact) mass is 275 g/mol. The summed E-state index contributed by atoms with van der Waals surface area (Å²) in [5, 5.41) is 2.50. The highest BCUT2D eigenvalue weighted by Gasteiger charge is 2.10. The first kappa shape index (κ1) is 14.0. The van der Waals surface area contributed by atoms with E-state index in [0.717, 1.165) is 0 Å². The summed E-state index contributed by atoms with van der Waals surface area (Å²) in [5.41, 5.74) is 6.03. The van der Waals surface area contributed by atoms with Crippen molar-refractivity contribution in [3.63, 3.8) is 0 Å². The van der Waals surface area contributed by atoms with Crippen molar-refractivity contribution in [2.45, 2.75) is 13.1 Å². The van der Waals surface area contributed by atoms with E-state index in [4.69, 9.17) is 5.73 Å². The first-order chi connectivity index (χ1) is 9.61. The van der Waals surface area contributed by atoms with Gasteiger partial charge in [0.1, 0.15) is 11.4 Å². The van der Waals surface area contributed by atoms with E-state index >= 15 is 0 Å². The Balaban J connectivity index is 2.08. The molecule has 4 N–H and O–H groups in total. The van der Waals surface area contributed by atoms with Crippen molar-refractivity contribution in [3.05, 3.63) is 69.4 Å². The van der Waals surface area contributed by atoms with Gasteiger partial charge in [-0.25, -0.2) is 4.39 Å². The van der Waals surface area contributed by atoms with Crippen molar-refractivity contribution in [2.24, 2.45) is 5.73 Å². The van der Waals surface area contributed by atoms with E-state index < -0.39 is 11.7 Å². The summed E-state index contributed by atoms with van der Waals surface area (Å²) in [5.74, 6) is -0.982. The van der Waals surface area contributed by atoms with Crippen molar-refractivity contribution >= 4 is 5.91 Å². The fraction of sp³-hybridized carbons (Fsp3) is 0.143. The lowest BCUT2D eigenvalue weighted by Crippen LogP contribution is -2.28. The molecule has 0 unspecified atom stereocenters.